The lowest BCUT2D eigenvalue weighted by Crippen LogP contribution is -2.51. The fourth-order valence-electron chi connectivity index (χ4n) is 4.53. The van der Waals surface area contributed by atoms with Crippen LogP contribution in [-0.2, 0) is 32.6 Å². The van der Waals surface area contributed by atoms with Crippen LogP contribution in [0.2, 0.25) is 0 Å². The summed E-state index contributed by atoms with van der Waals surface area (Å²) in [7, 11) is -2.10. The van der Waals surface area contributed by atoms with Gasteiger partial charge in [-0.25, -0.2) is 8.42 Å². The van der Waals surface area contributed by atoms with E-state index in [1.807, 2.05) is 68.4 Å². The van der Waals surface area contributed by atoms with E-state index >= 15 is 0 Å². The van der Waals surface area contributed by atoms with Gasteiger partial charge < -0.3 is 15.0 Å². The lowest BCUT2D eigenvalue weighted by molar-refractivity contribution is -0.141. The van der Waals surface area contributed by atoms with E-state index in [0.29, 0.717) is 24.4 Å². The minimum atomic E-state index is -3.62. The molecule has 3 rings (SSSR count). The molecule has 1 unspecified atom stereocenters. The predicted octanol–water partition coefficient (Wildman–Crippen LogP) is 5.42. The van der Waals surface area contributed by atoms with Crippen molar-refractivity contribution in [1.82, 2.24) is 10.2 Å². The molecule has 1 N–H and O–H groups in total. The highest BCUT2D eigenvalue weighted by Crippen LogP contribution is 2.24. The van der Waals surface area contributed by atoms with Gasteiger partial charge in [-0.1, -0.05) is 78.3 Å². The molecule has 1 atom stereocenters. The van der Waals surface area contributed by atoms with Gasteiger partial charge >= 0.3 is 0 Å². The van der Waals surface area contributed by atoms with Crippen LogP contribution < -0.4 is 14.4 Å². The van der Waals surface area contributed by atoms with Crippen LogP contribution in [-0.4, -0.2) is 57.6 Å². The van der Waals surface area contributed by atoms with Crippen LogP contribution in [0.4, 0.5) is 5.69 Å². The number of benzene rings is 3. The van der Waals surface area contributed by atoms with Gasteiger partial charge in [0.1, 0.15) is 11.8 Å². The fourth-order valence-corrected chi connectivity index (χ4v) is 5.75. The summed E-state index contributed by atoms with van der Waals surface area (Å²) < 4.78 is 32.8. The third-order valence-corrected chi connectivity index (χ3v) is 8.44. The second-order valence-corrected chi connectivity index (χ2v) is 13.5. The van der Waals surface area contributed by atoms with E-state index in [1.165, 1.54) is 11.4 Å². The number of sulfonamides is 1. The maximum absolute atomic E-state index is 13.9. The van der Waals surface area contributed by atoms with Gasteiger partial charge in [0, 0.05) is 43.0 Å². The average molecular weight is 659 g/mol. The van der Waals surface area contributed by atoms with Gasteiger partial charge in [-0.3, -0.25) is 13.9 Å². The van der Waals surface area contributed by atoms with Crippen molar-refractivity contribution >= 4 is 43.5 Å². The van der Waals surface area contributed by atoms with Crippen molar-refractivity contribution in [3.63, 3.8) is 0 Å². The van der Waals surface area contributed by atoms with Gasteiger partial charge in [-0.05, 0) is 47.7 Å². The number of hydrogen-bond acceptors (Lipinski definition) is 5. The molecule has 10 heteroatoms. The lowest BCUT2D eigenvalue weighted by atomic mass is 10.0. The number of rotatable bonds is 15. The highest BCUT2D eigenvalue weighted by atomic mass is 79.9. The second-order valence-electron chi connectivity index (χ2n) is 10.6. The van der Waals surface area contributed by atoms with Gasteiger partial charge in [0.15, 0.2) is 0 Å². The number of methoxy groups -OCH3 is 1. The lowest BCUT2D eigenvalue weighted by Gasteiger charge is -2.32. The number of halogens is 1. The van der Waals surface area contributed by atoms with Gasteiger partial charge in [-0.15, -0.1) is 0 Å². The van der Waals surface area contributed by atoms with Crippen molar-refractivity contribution in [2.75, 3.05) is 30.8 Å². The molecule has 0 aliphatic rings. The molecule has 0 aromatic heterocycles. The summed E-state index contributed by atoms with van der Waals surface area (Å²) in [4.78, 5) is 29.1. The third-order valence-electron chi connectivity index (χ3n) is 6.72. The van der Waals surface area contributed by atoms with Gasteiger partial charge in [0.2, 0.25) is 21.8 Å². The van der Waals surface area contributed by atoms with Crippen LogP contribution in [0.15, 0.2) is 83.3 Å². The molecule has 0 saturated heterocycles. The molecular weight excluding hydrogens is 618 g/mol. The molecule has 0 radical (unpaired) electrons. The first-order valence-electron chi connectivity index (χ1n) is 13.9. The van der Waals surface area contributed by atoms with Gasteiger partial charge in [0.25, 0.3) is 0 Å². The Morgan fingerprint density at radius 2 is 1.64 bits per heavy atom. The third kappa shape index (κ3) is 10.2. The highest BCUT2D eigenvalue weighted by Gasteiger charge is 2.30. The number of nitrogens with zero attached hydrogens (tertiary/aromatic N) is 2. The first kappa shape index (κ1) is 33.1. The van der Waals surface area contributed by atoms with Crippen LogP contribution in [0, 0.1) is 5.92 Å². The van der Waals surface area contributed by atoms with Crippen molar-refractivity contribution in [1.29, 1.82) is 0 Å². The predicted molar refractivity (Wildman–Crippen MR) is 171 cm³/mol. The minimum absolute atomic E-state index is 0.0647. The summed E-state index contributed by atoms with van der Waals surface area (Å²) in [6, 6.07) is 23.4. The zero-order valence-electron chi connectivity index (χ0n) is 24.6. The number of nitrogens with one attached hydrogen (secondary N) is 1. The Morgan fingerprint density at radius 1 is 0.952 bits per heavy atom. The van der Waals surface area contributed by atoms with E-state index in [1.54, 1.807) is 29.2 Å². The molecule has 226 valence electrons. The van der Waals surface area contributed by atoms with Crippen molar-refractivity contribution < 1.29 is 22.7 Å². The average Bonchev–Trinajstić information content (AvgIpc) is 2.96. The molecule has 42 heavy (non-hydrogen) atoms. The molecular formula is C32H40BrN3O5S. The number of amides is 2. The number of anilines is 1. The minimum Gasteiger partial charge on any atom is -0.497 e. The number of carbonyl (C=O) groups excluding carboxylic acids is 2. The SMILES string of the molecule is COc1cccc(N(CCCC(=O)N(Cc2ccc(Br)cc2)C(Cc2ccccc2)C(=O)NCC(C)C)S(C)(=O)=O)c1. The molecule has 0 heterocycles. The summed E-state index contributed by atoms with van der Waals surface area (Å²) in [5.41, 5.74) is 2.29. The molecule has 0 bridgehead atoms. The summed E-state index contributed by atoms with van der Waals surface area (Å²) >= 11 is 3.46. The largest absolute Gasteiger partial charge is 0.497 e. The van der Waals surface area contributed by atoms with Crippen molar-refractivity contribution in [3.8, 4) is 5.75 Å². The Morgan fingerprint density at radius 3 is 2.26 bits per heavy atom. The van der Waals surface area contributed by atoms with Crippen LogP contribution in [0.3, 0.4) is 0 Å². The number of ether oxygens (including phenoxy) is 1. The molecule has 3 aromatic carbocycles. The summed E-state index contributed by atoms with van der Waals surface area (Å²) in [5.74, 6) is 0.347. The van der Waals surface area contributed by atoms with Gasteiger partial charge in [-0.2, -0.15) is 0 Å². The smallest absolute Gasteiger partial charge is 0.243 e. The molecule has 3 aromatic rings. The Kier molecular flexibility index (Phi) is 12.4. The fraction of sp³-hybridized carbons (Fsp3) is 0.375. The number of carbonyl (C=O) groups is 2. The highest BCUT2D eigenvalue weighted by molar-refractivity contribution is 9.10. The normalized spacial score (nSPS) is 12.0. The van der Waals surface area contributed by atoms with Crippen LogP contribution in [0.25, 0.3) is 0 Å². The maximum Gasteiger partial charge on any atom is 0.243 e. The molecule has 0 saturated carbocycles. The summed E-state index contributed by atoms with van der Waals surface area (Å²) in [6.45, 7) is 4.88. The monoisotopic (exact) mass is 657 g/mol. The van der Waals surface area contributed by atoms with E-state index in [4.69, 9.17) is 4.74 Å². The van der Waals surface area contributed by atoms with Crippen LogP contribution in [0.5, 0.6) is 5.75 Å². The van der Waals surface area contributed by atoms with E-state index in [-0.39, 0.29) is 43.7 Å². The zero-order valence-corrected chi connectivity index (χ0v) is 27.0. The Bertz CT molecular complexity index is 1420. The zero-order chi connectivity index (χ0) is 30.7. The Labute approximate surface area is 258 Å². The first-order chi connectivity index (χ1) is 20.0. The quantitative estimate of drug-likeness (QED) is 0.236. The first-order valence-corrected chi connectivity index (χ1v) is 16.6. The second kappa shape index (κ2) is 15.7. The molecule has 0 aliphatic heterocycles. The molecule has 0 spiro atoms. The van der Waals surface area contributed by atoms with Crippen molar-refractivity contribution in [2.45, 2.75) is 45.7 Å². The van der Waals surface area contributed by atoms with Crippen LogP contribution >= 0.6 is 15.9 Å². The van der Waals surface area contributed by atoms with Crippen molar-refractivity contribution in [3.05, 3.63) is 94.5 Å². The van der Waals surface area contributed by atoms with Gasteiger partial charge in [0.05, 0.1) is 19.1 Å². The van der Waals surface area contributed by atoms with E-state index in [9.17, 15) is 18.0 Å². The van der Waals surface area contributed by atoms with E-state index in [0.717, 1.165) is 21.9 Å². The summed E-state index contributed by atoms with van der Waals surface area (Å²) in [6.07, 6.45) is 1.83. The Hall–Kier alpha value is -3.37. The topological polar surface area (TPSA) is 96.0 Å². The maximum atomic E-state index is 13.9. The van der Waals surface area contributed by atoms with Crippen molar-refractivity contribution in [2.24, 2.45) is 5.92 Å². The van der Waals surface area contributed by atoms with Crippen LogP contribution in [0.1, 0.15) is 37.8 Å². The summed E-state index contributed by atoms with van der Waals surface area (Å²) in [5, 5.41) is 3.02. The molecule has 2 amide bonds. The standard InChI is InChI=1S/C32H40BrN3O5S/c1-24(2)22-34-32(38)30(20-25-10-6-5-7-11-25)35(23-26-15-17-27(33)18-16-26)31(37)14-9-19-36(42(4,39)40)28-12-8-13-29(21-28)41-3/h5-8,10-13,15-18,21,24,30H,9,14,19-20,22-23H2,1-4H3,(H,34,38). The Balaban J connectivity index is 1.88. The van der Waals surface area contributed by atoms with E-state index < -0.39 is 16.1 Å². The molecule has 0 aliphatic carbocycles. The number of hydrogen-bond donors (Lipinski definition) is 1. The van der Waals surface area contributed by atoms with E-state index in [2.05, 4.69) is 21.2 Å². The molecule has 0 fully saturated rings. The molecule has 8 nitrogen and oxygen atoms in total.